The van der Waals surface area contributed by atoms with Crippen LogP contribution in [0.15, 0.2) is 76.5 Å². The smallest absolute Gasteiger partial charge is 0.259 e. The average molecular weight is 409 g/mol. The molecule has 0 saturated heterocycles. The summed E-state index contributed by atoms with van der Waals surface area (Å²) in [5.41, 5.74) is 2.73. The molecule has 28 heavy (non-hydrogen) atoms. The first-order valence-electron chi connectivity index (χ1n) is 8.75. The molecule has 0 unspecified atom stereocenters. The Hall–Kier alpha value is -2.76. The van der Waals surface area contributed by atoms with Gasteiger partial charge < -0.3 is 10.2 Å². The molecule has 140 valence electrons. The van der Waals surface area contributed by atoms with Crippen LogP contribution in [-0.4, -0.2) is 18.9 Å². The molecular weight excluding hydrogens is 392 g/mol. The Morgan fingerprint density at radius 3 is 2.61 bits per heavy atom. The van der Waals surface area contributed by atoms with Crippen molar-refractivity contribution in [3.63, 3.8) is 0 Å². The number of halogens is 1. The molecular formula is C22H17ClN2O2S. The van der Waals surface area contributed by atoms with Gasteiger partial charge in [0, 0.05) is 34.0 Å². The number of nitrogens with one attached hydrogen (secondary N) is 1. The number of nitrogens with zero attached hydrogens (tertiary/aromatic N) is 1. The van der Waals surface area contributed by atoms with Gasteiger partial charge in [0.05, 0.1) is 11.3 Å². The molecule has 4 rings (SSSR count). The van der Waals surface area contributed by atoms with Gasteiger partial charge >= 0.3 is 0 Å². The van der Waals surface area contributed by atoms with Gasteiger partial charge in [-0.1, -0.05) is 53.7 Å². The van der Waals surface area contributed by atoms with E-state index in [0.29, 0.717) is 22.7 Å². The summed E-state index contributed by atoms with van der Waals surface area (Å²) in [7, 11) is 1.73. The first kappa shape index (κ1) is 18.6. The fourth-order valence-corrected chi connectivity index (χ4v) is 4.36. The van der Waals surface area contributed by atoms with Gasteiger partial charge in [-0.05, 0) is 42.0 Å². The van der Waals surface area contributed by atoms with Crippen LogP contribution in [0, 0.1) is 0 Å². The number of carbonyl (C=O) groups excluding carboxylic acids is 2. The summed E-state index contributed by atoms with van der Waals surface area (Å²) in [4.78, 5) is 28.9. The molecule has 0 saturated carbocycles. The summed E-state index contributed by atoms with van der Waals surface area (Å²) in [5, 5.41) is 3.50. The zero-order valence-corrected chi connectivity index (χ0v) is 16.7. The second kappa shape index (κ2) is 7.70. The third kappa shape index (κ3) is 3.51. The first-order chi connectivity index (χ1) is 13.5. The molecule has 1 heterocycles. The lowest BCUT2D eigenvalue weighted by Crippen LogP contribution is -2.27. The van der Waals surface area contributed by atoms with E-state index >= 15 is 0 Å². The predicted octanol–water partition coefficient (Wildman–Crippen LogP) is 5.01. The quantitative estimate of drug-likeness (QED) is 0.662. The second-order valence-corrected chi connectivity index (χ2v) is 7.91. The van der Waals surface area contributed by atoms with Crippen molar-refractivity contribution in [3.8, 4) is 0 Å². The molecule has 0 fully saturated rings. The normalized spacial score (nSPS) is 12.8. The summed E-state index contributed by atoms with van der Waals surface area (Å²) < 4.78 is 0. The van der Waals surface area contributed by atoms with Crippen molar-refractivity contribution < 1.29 is 9.59 Å². The second-order valence-electron chi connectivity index (χ2n) is 6.42. The van der Waals surface area contributed by atoms with Crippen LogP contribution in [0.2, 0.25) is 5.02 Å². The molecule has 1 N–H and O–H groups in total. The van der Waals surface area contributed by atoms with E-state index in [9.17, 15) is 9.59 Å². The monoisotopic (exact) mass is 408 g/mol. The zero-order valence-electron chi connectivity index (χ0n) is 15.1. The van der Waals surface area contributed by atoms with E-state index in [4.69, 9.17) is 11.6 Å². The lowest BCUT2D eigenvalue weighted by molar-refractivity contribution is 0.0948. The summed E-state index contributed by atoms with van der Waals surface area (Å²) in [5.74, 6) is -0.300. The Balaban J connectivity index is 1.60. The lowest BCUT2D eigenvalue weighted by atomic mass is 10.1. The number of benzene rings is 3. The van der Waals surface area contributed by atoms with Crippen LogP contribution in [-0.2, 0) is 6.54 Å². The zero-order chi connectivity index (χ0) is 19.7. The van der Waals surface area contributed by atoms with Crippen LogP contribution in [0.3, 0.4) is 0 Å². The fourth-order valence-electron chi connectivity index (χ4n) is 3.07. The highest BCUT2D eigenvalue weighted by atomic mass is 35.5. The number of anilines is 1. The molecule has 0 radical (unpaired) electrons. The molecule has 3 aromatic carbocycles. The van der Waals surface area contributed by atoms with Crippen LogP contribution in [0.5, 0.6) is 0 Å². The van der Waals surface area contributed by atoms with Crippen LogP contribution < -0.4 is 10.2 Å². The standard InChI is InChI=1S/C22H17ClN2O2S/c1-25-18-12-14(21(26)24-13-15-6-2-4-8-17(15)23)10-11-20(18)28-19-9-5-3-7-16(19)22(25)27/h2-12H,13H2,1H3,(H,24,26). The van der Waals surface area contributed by atoms with Crippen LogP contribution in [0.1, 0.15) is 26.3 Å². The summed E-state index contributed by atoms with van der Waals surface area (Å²) in [6.45, 7) is 0.338. The predicted molar refractivity (Wildman–Crippen MR) is 112 cm³/mol. The Bertz CT molecular complexity index is 1080. The maximum atomic E-state index is 12.8. The number of carbonyl (C=O) groups is 2. The van der Waals surface area contributed by atoms with E-state index in [2.05, 4.69) is 5.32 Å². The van der Waals surface area contributed by atoms with Crippen LogP contribution >= 0.6 is 23.4 Å². The van der Waals surface area contributed by atoms with E-state index < -0.39 is 0 Å². The Morgan fingerprint density at radius 1 is 1.04 bits per heavy atom. The van der Waals surface area contributed by atoms with Gasteiger partial charge in [-0.3, -0.25) is 9.59 Å². The highest BCUT2D eigenvalue weighted by Gasteiger charge is 2.25. The number of hydrogen-bond acceptors (Lipinski definition) is 3. The third-order valence-corrected chi connectivity index (χ3v) is 6.13. The minimum atomic E-state index is -0.213. The maximum absolute atomic E-state index is 12.8. The van der Waals surface area contributed by atoms with Crippen LogP contribution in [0.25, 0.3) is 0 Å². The molecule has 1 aliphatic heterocycles. The Kier molecular flexibility index (Phi) is 5.11. The molecule has 4 nitrogen and oxygen atoms in total. The lowest BCUT2D eigenvalue weighted by Gasteiger charge is -2.18. The maximum Gasteiger partial charge on any atom is 0.259 e. The molecule has 3 aromatic rings. The van der Waals surface area contributed by atoms with Gasteiger partial charge in [0.25, 0.3) is 11.8 Å². The molecule has 0 spiro atoms. The van der Waals surface area contributed by atoms with Gasteiger partial charge in [0.15, 0.2) is 0 Å². The van der Waals surface area contributed by atoms with E-state index in [1.54, 1.807) is 30.1 Å². The van der Waals surface area contributed by atoms with E-state index in [1.165, 1.54) is 11.8 Å². The largest absolute Gasteiger partial charge is 0.348 e. The minimum absolute atomic E-state index is 0.0875. The van der Waals surface area contributed by atoms with Gasteiger partial charge in [-0.25, -0.2) is 0 Å². The van der Waals surface area contributed by atoms with Crippen molar-refractivity contribution >= 4 is 40.9 Å². The van der Waals surface area contributed by atoms with E-state index in [-0.39, 0.29) is 11.8 Å². The van der Waals surface area contributed by atoms with Crippen LogP contribution in [0.4, 0.5) is 5.69 Å². The number of fused-ring (bicyclic) bond motifs is 2. The molecule has 2 amide bonds. The summed E-state index contributed by atoms with van der Waals surface area (Å²) in [6.07, 6.45) is 0. The SMILES string of the molecule is CN1C(=O)c2ccccc2Sc2ccc(C(=O)NCc3ccccc3Cl)cc21. The molecule has 1 aliphatic rings. The highest BCUT2D eigenvalue weighted by molar-refractivity contribution is 7.99. The third-order valence-electron chi connectivity index (χ3n) is 4.62. The van der Waals surface area contributed by atoms with Gasteiger partial charge in [-0.2, -0.15) is 0 Å². The van der Waals surface area contributed by atoms with Crippen molar-refractivity contribution in [1.29, 1.82) is 0 Å². The fraction of sp³-hybridized carbons (Fsp3) is 0.0909. The molecule has 0 atom stereocenters. The van der Waals surface area contributed by atoms with Crippen molar-refractivity contribution in [3.05, 3.63) is 88.4 Å². The average Bonchev–Trinajstić information content (AvgIpc) is 2.82. The minimum Gasteiger partial charge on any atom is -0.348 e. The van der Waals surface area contributed by atoms with Gasteiger partial charge in [0.1, 0.15) is 0 Å². The summed E-state index contributed by atoms with van der Waals surface area (Å²) >= 11 is 7.68. The molecule has 0 aliphatic carbocycles. The van der Waals surface area contributed by atoms with E-state index in [1.807, 2.05) is 48.5 Å². The molecule has 0 aromatic heterocycles. The first-order valence-corrected chi connectivity index (χ1v) is 9.94. The number of hydrogen-bond donors (Lipinski definition) is 1. The van der Waals surface area contributed by atoms with Crippen molar-refractivity contribution in [2.45, 2.75) is 16.3 Å². The topological polar surface area (TPSA) is 49.4 Å². The molecule has 6 heteroatoms. The highest BCUT2D eigenvalue weighted by Crippen LogP contribution is 2.41. The van der Waals surface area contributed by atoms with Gasteiger partial charge in [-0.15, -0.1) is 0 Å². The number of amides is 2. The van der Waals surface area contributed by atoms with Crippen molar-refractivity contribution in [1.82, 2.24) is 5.32 Å². The van der Waals surface area contributed by atoms with E-state index in [0.717, 1.165) is 21.0 Å². The van der Waals surface area contributed by atoms with Gasteiger partial charge in [0.2, 0.25) is 0 Å². The van der Waals surface area contributed by atoms with Crippen molar-refractivity contribution in [2.75, 3.05) is 11.9 Å². The number of rotatable bonds is 3. The molecule has 0 bridgehead atoms. The Labute approximate surface area is 172 Å². The summed E-state index contributed by atoms with van der Waals surface area (Å²) in [6, 6.07) is 20.4. The van der Waals surface area contributed by atoms with Crippen molar-refractivity contribution in [2.24, 2.45) is 0 Å². The Morgan fingerprint density at radius 2 is 1.79 bits per heavy atom.